The summed E-state index contributed by atoms with van der Waals surface area (Å²) in [5, 5.41) is 3.18. The second-order valence-corrected chi connectivity index (χ2v) is 9.02. The molecule has 37 heavy (non-hydrogen) atoms. The Labute approximate surface area is 216 Å². The van der Waals surface area contributed by atoms with Crippen molar-refractivity contribution in [3.8, 4) is 0 Å². The number of nitrogens with zero attached hydrogens (tertiary/aromatic N) is 1. The molecule has 0 saturated carbocycles. The number of benzene rings is 1. The molecule has 1 aliphatic heterocycles. The highest BCUT2D eigenvalue weighted by Crippen LogP contribution is 2.31. The van der Waals surface area contributed by atoms with Gasteiger partial charge < -0.3 is 29.0 Å². The Morgan fingerprint density at radius 1 is 0.865 bits per heavy atom. The van der Waals surface area contributed by atoms with Crippen LogP contribution in [0.2, 0.25) is 0 Å². The quantitative estimate of drug-likeness (QED) is 0.283. The molecule has 1 aromatic heterocycles. The van der Waals surface area contributed by atoms with Gasteiger partial charge in [-0.1, -0.05) is 41.7 Å². The minimum Gasteiger partial charge on any atom is -0.463 e. The summed E-state index contributed by atoms with van der Waals surface area (Å²) in [5.41, 5.74) is 0.477. The number of anilines is 1. The maximum atomic E-state index is 12.8. The standard InChI is InChI=1S/C24H26N2O10S/c1-12(27)32-11-17-20(33-13(2)28)21(34-14(3)29)22(35-15(4)30)23(36-17)26-24-25-10-18(37-24)19(31)16-8-6-5-7-9-16/h5-10,17,20-23H,11H2,1-4H3,(H,25,26)/t17?,20-,21?,22-,23+/m1/s1. The molecule has 1 aliphatic rings. The molecule has 13 heteroatoms. The van der Waals surface area contributed by atoms with Crippen LogP contribution in [0.1, 0.15) is 42.9 Å². The van der Waals surface area contributed by atoms with Crippen LogP contribution in [0.4, 0.5) is 5.13 Å². The fourth-order valence-electron chi connectivity index (χ4n) is 3.64. The van der Waals surface area contributed by atoms with E-state index in [-0.39, 0.29) is 17.5 Å². The lowest BCUT2D eigenvalue weighted by Crippen LogP contribution is -2.64. The molecule has 0 aliphatic carbocycles. The van der Waals surface area contributed by atoms with Crippen molar-refractivity contribution in [1.82, 2.24) is 4.98 Å². The van der Waals surface area contributed by atoms with E-state index in [9.17, 15) is 24.0 Å². The Morgan fingerprint density at radius 2 is 1.46 bits per heavy atom. The van der Waals surface area contributed by atoms with Crippen LogP contribution in [0.15, 0.2) is 36.5 Å². The van der Waals surface area contributed by atoms with E-state index in [0.29, 0.717) is 10.4 Å². The molecule has 3 rings (SSSR count). The first-order chi connectivity index (χ1) is 17.5. The number of thiazole rings is 1. The van der Waals surface area contributed by atoms with Crippen molar-refractivity contribution < 1.29 is 47.7 Å². The molecule has 198 valence electrons. The second-order valence-electron chi connectivity index (χ2n) is 7.99. The molecule has 1 aromatic carbocycles. The summed E-state index contributed by atoms with van der Waals surface area (Å²) in [6, 6.07) is 8.62. The van der Waals surface area contributed by atoms with Crippen molar-refractivity contribution in [2.24, 2.45) is 0 Å². The van der Waals surface area contributed by atoms with Gasteiger partial charge in [0, 0.05) is 33.3 Å². The van der Waals surface area contributed by atoms with E-state index in [0.717, 1.165) is 32.1 Å². The normalized spacial score (nSPS) is 22.9. The molecule has 12 nitrogen and oxygen atoms in total. The number of ketones is 1. The molecular formula is C24H26N2O10S. The van der Waals surface area contributed by atoms with Gasteiger partial charge >= 0.3 is 23.9 Å². The largest absolute Gasteiger partial charge is 0.463 e. The zero-order valence-electron chi connectivity index (χ0n) is 20.5. The third-order valence-electron chi connectivity index (χ3n) is 5.02. The van der Waals surface area contributed by atoms with Gasteiger partial charge in [0.15, 0.2) is 29.7 Å². The van der Waals surface area contributed by atoms with Crippen molar-refractivity contribution in [2.45, 2.75) is 58.3 Å². The second kappa shape index (κ2) is 12.4. The summed E-state index contributed by atoms with van der Waals surface area (Å²) < 4.78 is 27.2. The van der Waals surface area contributed by atoms with Crippen LogP contribution in [0.25, 0.3) is 0 Å². The topological polar surface area (TPSA) is 156 Å². The third-order valence-corrected chi connectivity index (χ3v) is 5.95. The van der Waals surface area contributed by atoms with Gasteiger partial charge in [-0.25, -0.2) is 4.98 Å². The van der Waals surface area contributed by atoms with E-state index >= 15 is 0 Å². The van der Waals surface area contributed by atoms with Crippen LogP contribution in [0, 0.1) is 0 Å². The van der Waals surface area contributed by atoms with Crippen LogP contribution in [0.3, 0.4) is 0 Å². The lowest BCUT2D eigenvalue weighted by Gasteiger charge is -2.44. The number of hydrogen-bond acceptors (Lipinski definition) is 13. The molecule has 0 amide bonds. The Hall–Kier alpha value is -3.84. The van der Waals surface area contributed by atoms with E-state index in [1.807, 2.05) is 0 Å². The van der Waals surface area contributed by atoms with Crippen LogP contribution >= 0.6 is 11.3 Å². The number of hydrogen-bond donors (Lipinski definition) is 1. The Kier molecular flexibility index (Phi) is 9.31. The first kappa shape index (κ1) is 27.7. The summed E-state index contributed by atoms with van der Waals surface area (Å²) in [6.45, 7) is 4.25. The monoisotopic (exact) mass is 534 g/mol. The zero-order chi connectivity index (χ0) is 27.1. The van der Waals surface area contributed by atoms with E-state index in [2.05, 4.69) is 10.3 Å². The maximum absolute atomic E-state index is 12.8. The SMILES string of the molecule is CC(=O)OCC1O[C@H](Nc2ncc(C(=O)c3ccccc3)s2)[C@H](OC(C)=O)C(OC(C)=O)[C@@H]1OC(C)=O. The lowest BCUT2D eigenvalue weighted by atomic mass is 9.97. The van der Waals surface area contributed by atoms with Crippen molar-refractivity contribution in [2.75, 3.05) is 11.9 Å². The summed E-state index contributed by atoms with van der Waals surface area (Å²) in [6.07, 6.45) is -4.79. The van der Waals surface area contributed by atoms with Crippen LogP contribution in [-0.4, -0.2) is 71.9 Å². The summed E-state index contributed by atoms with van der Waals surface area (Å²) in [4.78, 5) is 64.4. The van der Waals surface area contributed by atoms with Gasteiger partial charge in [-0.3, -0.25) is 24.0 Å². The first-order valence-electron chi connectivity index (χ1n) is 11.2. The van der Waals surface area contributed by atoms with Gasteiger partial charge in [-0.2, -0.15) is 0 Å². The molecule has 0 spiro atoms. The molecular weight excluding hydrogens is 508 g/mol. The number of carbonyl (C=O) groups is 5. The summed E-state index contributed by atoms with van der Waals surface area (Å²) in [7, 11) is 0. The van der Waals surface area contributed by atoms with Gasteiger partial charge in [-0.15, -0.1) is 0 Å². The smallest absolute Gasteiger partial charge is 0.303 e. The number of esters is 4. The van der Waals surface area contributed by atoms with Crippen LogP contribution in [0.5, 0.6) is 0 Å². The molecule has 1 N–H and O–H groups in total. The van der Waals surface area contributed by atoms with Crippen molar-refractivity contribution >= 4 is 46.1 Å². The molecule has 0 bridgehead atoms. The lowest BCUT2D eigenvalue weighted by molar-refractivity contribution is -0.247. The predicted molar refractivity (Wildman–Crippen MR) is 128 cm³/mol. The van der Waals surface area contributed by atoms with Gasteiger partial charge in [0.25, 0.3) is 0 Å². The summed E-state index contributed by atoms with van der Waals surface area (Å²) in [5.74, 6) is -3.05. The van der Waals surface area contributed by atoms with Crippen LogP contribution < -0.4 is 5.32 Å². The number of ether oxygens (including phenoxy) is 5. The summed E-state index contributed by atoms with van der Waals surface area (Å²) >= 11 is 1.03. The Bertz CT molecular complexity index is 1150. The van der Waals surface area contributed by atoms with Gasteiger partial charge in [-0.05, 0) is 0 Å². The van der Waals surface area contributed by atoms with Gasteiger partial charge in [0.2, 0.25) is 5.78 Å². The van der Waals surface area contributed by atoms with Crippen LogP contribution in [-0.2, 0) is 42.9 Å². The average Bonchev–Trinajstić information content (AvgIpc) is 3.29. The molecule has 2 aromatic rings. The van der Waals surface area contributed by atoms with Crippen molar-refractivity contribution in [3.05, 3.63) is 47.0 Å². The number of nitrogens with one attached hydrogen (secondary N) is 1. The van der Waals surface area contributed by atoms with Gasteiger partial charge in [0.05, 0.1) is 11.1 Å². The van der Waals surface area contributed by atoms with Crippen molar-refractivity contribution in [1.29, 1.82) is 0 Å². The highest BCUT2D eigenvalue weighted by molar-refractivity contribution is 7.17. The fourth-order valence-corrected chi connectivity index (χ4v) is 4.45. The molecule has 5 atom stereocenters. The van der Waals surface area contributed by atoms with Gasteiger partial charge in [0.1, 0.15) is 12.7 Å². The minimum atomic E-state index is -1.32. The van der Waals surface area contributed by atoms with E-state index < -0.39 is 54.5 Å². The molecule has 1 fully saturated rings. The first-order valence-corrected chi connectivity index (χ1v) is 12.0. The molecule has 2 heterocycles. The Morgan fingerprint density at radius 3 is 2.05 bits per heavy atom. The highest BCUT2D eigenvalue weighted by atomic mass is 32.1. The minimum absolute atomic E-state index is 0.236. The number of aromatic nitrogens is 1. The van der Waals surface area contributed by atoms with E-state index in [4.69, 9.17) is 23.7 Å². The Balaban J connectivity index is 1.92. The molecule has 2 unspecified atom stereocenters. The predicted octanol–water partition coefficient (Wildman–Crippen LogP) is 1.87. The average molecular weight is 535 g/mol. The van der Waals surface area contributed by atoms with Crippen molar-refractivity contribution in [3.63, 3.8) is 0 Å². The highest BCUT2D eigenvalue weighted by Gasteiger charge is 2.52. The number of carbonyl (C=O) groups excluding carboxylic acids is 5. The molecule has 1 saturated heterocycles. The molecule has 0 radical (unpaired) electrons. The number of rotatable bonds is 9. The zero-order valence-corrected chi connectivity index (χ0v) is 21.3. The maximum Gasteiger partial charge on any atom is 0.303 e. The third kappa shape index (κ3) is 7.57. The van der Waals surface area contributed by atoms with E-state index in [1.165, 1.54) is 13.1 Å². The fraction of sp³-hybridized carbons (Fsp3) is 0.417. The van der Waals surface area contributed by atoms with E-state index in [1.54, 1.807) is 30.3 Å².